The molecule has 0 spiro atoms. The second-order valence-corrected chi connectivity index (χ2v) is 5.18. The number of guanidine groups is 2. The van der Waals surface area contributed by atoms with Crippen LogP contribution in [-0.4, -0.2) is 17.6 Å². The van der Waals surface area contributed by atoms with Gasteiger partial charge in [0.15, 0.2) is 0 Å². The van der Waals surface area contributed by atoms with Gasteiger partial charge in [-0.1, -0.05) is 23.2 Å². The smallest absolute Gasteiger partial charge is 0.220 e. The van der Waals surface area contributed by atoms with Crippen LogP contribution in [0.5, 0.6) is 0 Å². The van der Waals surface area contributed by atoms with Crippen molar-refractivity contribution in [2.75, 3.05) is 4.90 Å². The summed E-state index contributed by atoms with van der Waals surface area (Å²) in [7, 11) is 0. The summed E-state index contributed by atoms with van der Waals surface area (Å²) in [4.78, 5) is 9.95. The van der Waals surface area contributed by atoms with Crippen LogP contribution in [0.15, 0.2) is 28.2 Å². The third kappa shape index (κ3) is 3.05. The number of halogens is 3. The van der Waals surface area contributed by atoms with Crippen molar-refractivity contribution < 1.29 is 0 Å². The van der Waals surface area contributed by atoms with Crippen LogP contribution in [0, 0.1) is 0 Å². The Labute approximate surface area is 127 Å². The first-order chi connectivity index (χ1) is 8.31. The van der Waals surface area contributed by atoms with Crippen molar-refractivity contribution in [2.24, 2.45) is 21.5 Å². The van der Waals surface area contributed by atoms with Crippen molar-refractivity contribution in [3.8, 4) is 0 Å². The van der Waals surface area contributed by atoms with Gasteiger partial charge in [-0.3, -0.25) is 4.90 Å². The van der Waals surface area contributed by atoms with E-state index in [9.17, 15) is 0 Å². The van der Waals surface area contributed by atoms with E-state index in [1.165, 1.54) is 0 Å². The normalized spacial score (nSPS) is 17.4. The Morgan fingerprint density at radius 2 is 1.79 bits per heavy atom. The molecule has 0 fully saturated rings. The van der Waals surface area contributed by atoms with Gasteiger partial charge in [-0.25, -0.2) is 4.99 Å². The van der Waals surface area contributed by atoms with Crippen LogP contribution in [-0.2, 0) is 0 Å². The van der Waals surface area contributed by atoms with Gasteiger partial charge in [0.25, 0.3) is 0 Å². The predicted molar refractivity (Wildman–Crippen MR) is 83.5 cm³/mol. The summed E-state index contributed by atoms with van der Waals surface area (Å²) in [5, 5.41) is 0.925. The molecule has 0 aliphatic carbocycles. The highest BCUT2D eigenvalue weighted by molar-refractivity contribution is 6.42. The van der Waals surface area contributed by atoms with Crippen LogP contribution in [0.4, 0.5) is 5.69 Å². The van der Waals surface area contributed by atoms with Crippen LogP contribution in [0.2, 0.25) is 10.0 Å². The van der Waals surface area contributed by atoms with E-state index in [4.69, 9.17) is 34.7 Å². The van der Waals surface area contributed by atoms with Gasteiger partial charge in [0, 0.05) is 5.69 Å². The average Bonchev–Trinajstić information content (AvgIpc) is 2.20. The van der Waals surface area contributed by atoms with Crippen molar-refractivity contribution in [2.45, 2.75) is 19.5 Å². The first-order valence-corrected chi connectivity index (χ1v) is 6.01. The van der Waals surface area contributed by atoms with Crippen LogP contribution in [0.25, 0.3) is 0 Å². The first-order valence-electron chi connectivity index (χ1n) is 5.26. The van der Waals surface area contributed by atoms with Gasteiger partial charge in [0.05, 0.1) is 10.0 Å². The minimum atomic E-state index is -0.632. The van der Waals surface area contributed by atoms with E-state index in [0.717, 1.165) is 5.69 Å². The summed E-state index contributed by atoms with van der Waals surface area (Å²) in [5.74, 6) is 0.430. The van der Waals surface area contributed by atoms with Crippen LogP contribution in [0.3, 0.4) is 0 Å². The van der Waals surface area contributed by atoms with E-state index in [1.54, 1.807) is 23.1 Å². The standard InChI is InChI=1S/C11H13Cl2N5.ClH/c1-11(2)17-9(14)16-10(15)18(11)6-3-4-7(12)8(13)5-6;/h3-5H,1-2H3,(H4,14,15,16,17);1H. The van der Waals surface area contributed by atoms with Gasteiger partial charge < -0.3 is 11.5 Å². The molecule has 1 aromatic carbocycles. The zero-order chi connectivity index (χ0) is 13.5. The van der Waals surface area contributed by atoms with Crippen LogP contribution in [0.1, 0.15) is 13.8 Å². The Kier molecular flexibility index (Phi) is 4.55. The molecule has 4 N–H and O–H groups in total. The largest absolute Gasteiger partial charge is 0.369 e. The second kappa shape index (κ2) is 5.45. The molecule has 0 radical (unpaired) electrons. The fraction of sp³-hybridized carbons (Fsp3) is 0.273. The third-order valence-electron chi connectivity index (χ3n) is 2.55. The molecule has 0 atom stereocenters. The maximum atomic E-state index is 6.00. The molecule has 104 valence electrons. The van der Waals surface area contributed by atoms with Crippen LogP contribution >= 0.6 is 35.6 Å². The molecule has 0 amide bonds. The van der Waals surface area contributed by atoms with Crippen molar-refractivity contribution in [3.63, 3.8) is 0 Å². The molecular formula is C11H14Cl3N5. The number of anilines is 1. The maximum absolute atomic E-state index is 6.00. The molecule has 1 heterocycles. The van der Waals surface area contributed by atoms with E-state index in [0.29, 0.717) is 10.0 Å². The van der Waals surface area contributed by atoms with Gasteiger partial charge in [-0.2, -0.15) is 4.99 Å². The summed E-state index contributed by atoms with van der Waals surface area (Å²) in [6.45, 7) is 3.76. The minimum Gasteiger partial charge on any atom is -0.369 e. The maximum Gasteiger partial charge on any atom is 0.220 e. The zero-order valence-electron chi connectivity index (χ0n) is 10.4. The fourth-order valence-corrected chi connectivity index (χ4v) is 2.17. The topological polar surface area (TPSA) is 80.0 Å². The Hall–Kier alpha value is -1.17. The molecule has 1 aliphatic heterocycles. The lowest BCUT2D eigenvalue weighted by molar-refractivity contribution is 0.534. The summed E-state index contributed by atoms with van der Waals surface area (Å²) in [6, 6.07) is 5.21. The summed E-state index contributed by atoms with van der Waals surface area (Å²) < 4.78 is 0. The quantitative estimate of drug-likeness (QED) is 0.834. The molecule has 2 rings (SSSR count). The molecule has 0 saturated carbocycles. The first kappa shape index (κ1) is 15.9. The number of hydrogen-bond donors (Lipinski definition) is 2. The van der Waals surface area contributed by atoms with Crippen molar-refractivity contribution in [1.29, 1.82) is 0 Å². The SMILES string of the molecule is CC1(C)N=C(N)N=C(N)N1c1ccc(Cl)c(Cl)c1.Cl. The lowest BCUT2D eigenvalue weighted by atomic mass is 10.1. The molecule has 8 heteroatoms. The van der Waals surface area contributed by atoms with E-state index >= 15 is 0 Å². The lowest BCUT2D eigenvalue weighted by Crippen LogP contribution is -2.54. The molecule has 0 saturated heterocycles. The van der Waals surface area contributed by atoms with Crippen molar-refractivity contribution in [3.05, 3.63) is 28.2 Å². The number of nitrogens with zero attached hydrogens (tertiary/aromatic N) is 3. The average molecular weight is 323 g/mol. The molecule has 0 bridgehead atoms. The Bertz CT molecular complexity index is 553. The van der Waals surface area contributed by atoms with Gasteiger partial charge in [-0.05, 0) is 32.0 Å². The van der Waals surface area contributed by atoms with Gasteiger partial charge in [0.2, 0.25) is 11.9 Å². The molecule has 19 heavy (non-hydrogen) atoms. The summed E-state index contributed by atoms with van der Waals surface area (Å²) in [6.07, 6.45) is 0. The second-order valence-electron chi connectivity index (χ2n) is 4.37. The number of aliphatic imine (C=N–C) groups is 2. The highest BCUT2D eigenvalue weighted by Gasteiger charge is 2.33. The fourth-order valence-electron chi connectivity index (χ4n) is 1.88. The van der Waals surface area contributed by atoms with Crippen molar-refractivity contribution >= 4 is 53.2 Å². The van der Waals surface area contributed by atoms with E-state index < -0.39 is 5.66 Å². The molecular weight excluding hydrogens is 309 g/mol. The number of benzene rings is 1. The molecule has 1 aromatic rings. The summed E-state index contributed by atoms with van der Waals surface area (Å²) >= 11 is 11.9. The molecule has 0 aromatic heterocycles. The molecule has 1 aliphatic rings. The van der Waals surface area contributed by atoms with Gasteiger partial charge in [0.1, 0.15) is 5.66 Å². The highest BCUT2D eigenvalue weighted by atomic mass is 35.5. The monoisotopic (exact) mass is 321 g/mol. The number of hydrogen-bond acceptors (Lipinski definition) is 5. The molecule has 0 unspecified atom stereocenters. The van der Waals surface area contributed by atoms with E-state index in [1.807, 2.05) is 13.8 Å². The van der Waals surface area contributed by atoms with E-state index in [-0.39, 0.29) is 24.3 Å². The van der Waals surface area contributed by atoms with E-state index in [2.05, 4.69) is 9.98 Å². The van der Waals surface area contributed by atoms with Gasteiger partial charge >= 0.3 is 0 Å². The van der Waals surface area contributed by atoms with Gasteiger partial charge in [-0.15, -0.1) is 12.4 Å². The third-order valence-corrected chi connectivity index (χ3v) is 3.29. The predicted octanol–water partition coefficient (Wildman–Crippen LogP) is 2.60. The van der Waals surface area contributed by atoms with Crippen LogP contribution < -0.4 is 16.4 Å². The number of nitrogens with two attached hydrogens (primary N) is 2. The highest BCUT2D eigenvalue weighted by Crippen LogP contribution is 2.32. The van der Waals surface area contributed by atoms with Crippen molar-refractivity contribution in [1.82, 2.24) is 0 Å². The zero-order valence-corrected chi connectivity index (χ0v) is 12.7. The lowest BCUT2D eigenvalue weighted by Gasteiger charge is -2.38. The Morgan fingerprint density at radius 1 is 1.16 bits per heavy atom. The summed E-state index contributed by atoms with van der Waals surface area (Å²) in [5.41, 5.74) is 11.6. The Morgan fingerprint density at radius 3 is 2.32 bits per heavy atom. The molecule has 5 nitrogen and oxygen atoms in total. The Balaban J connectivity index is 0.00000180. The number of rotatable bonds is 1. The minimum absolute atomic E-state index is 0.